The lowest BCUT2D eigenvalue weighted by molar-refractivity contribution is 0.885. The fraction of sp³-hybridized carbons (Fsp3) is 0.133. The fourth-order valence-corrected chi connectivity index (χ4v) is 2.08. The molecule has 0 aliphatic carbocycles. The van der Waals surface area contributed by atoms with Gasteiger partial charge in [0.2, 0.25) is 0 Å². The monoisotopic (exact) mass is 271 g/mol. The predicted octanol–water partition coefficient (Wildman–Crippen LogP) is 3.97. The van der Waals surface area contributed by atoms with E-state index in [9.17, 15) is 0 Å². The van der Waals surface area contributed by atoms with Crippen LogP contribution in [-0.2, 0) is 0 Å². The Morgan fingerprint density at radius 1 is 1.26 bits per heavy atom. The van der Waals surface area contributed by atoms with E-state index >= 15 is 0 Å². The summed E-state index contributed by atoms with van der Waals surface area (Å²) in [6.07, 6.45) is 0. The molecule has 0 bridgehead atoms. The molecular weight excluding hydrogens is 258 g/mol. The van der Waals surface area contributed by atoms with Gasteiger partial charge in [-0.1, -0.05) is 23.7 Å². The van der Waals surface area contributed by atoms with Crippen molar-refractivity contribution in [3.63, 3.8) is 0 Å². The van der Waals surface area contributed by atoms with Crippen molar-refractivity contribution in [2.24, 2.45) is 0 Å². The van der Waals surface area contributed by atoms with Crippen LogP contribution in [0.25, 0.3) is 0 Å². The number of nitrogens with one attached hydrogen (secondary N) is 1. The maximum Gasteiger partial charge on any atom is 0.0992 e. The van der Waals surface area contributed by atoms with E-state index in [1.807, 2.05) is 37.3 Å². The van der Waals surface area contributed by atoms with E-state index in [1.165, 1.54) is 0 Å². The Bertz CT molecular complexity index is 632. The normalized spacial score (nSPS) is 11.6. The topological polar surface area (TPSA) is 61.8 Å². The van der Waals surface area contributed by atoms with Crippen molar-refractivity contribution in [3.8, 4) is 6.07 Å². The fourth-order valence-electron chi connectivity index (χ4n) is 1.85. The molecule has 0 saturated carbocycles. The number of benzene rings is 2. The van der Waals surface area contributed by atoms with E-state index in [0.29, 0.717) is 10.6 Å². The van der Waals surface area contributed by atoms with Crippen molar-refractivity contribution >= 4 is 23.0 Å². The van der Waals surface area contributed by atoms with Crippen LogP contribution in [0.5, 0.6) is 0 Å². The van der Waals surface area contributed by atoms with Crippen LogP contribution in [0, 0.1) is 11.3 Å². The van der Waals surface area contributed by atoms with Gasteiger partial charge in [-0.05, 0) is 42.8 Å². The van der Waals surface area contributed by atoms with Crippen molar-refractivity contribution in [2.45, 2.75) is 13.0 Å². The van der Waals surface area contributed by atoms with Gasteiger partial charge in [0.05, 0.1) is 22.3 Å². The molecule has 19 heavy (non-hydrogen) atoms. The van der Waals surface area contributed by atoms with Crippen LogP contribution in [0.1, 0.15) is 24.1 Å². The van der Waals surface area contributed by atoms with Crippen LogP contribution in [0.2, 0.25) is 5.02 Å². The van der Waals surface area contributed by atoms with Gasteiger partial charge in [0.15, 0.2) is 0 Å². The highest BCUT2D eigenvalue weighted by Crippen LogP contribution is 2.27. The lowest BCUT2D eigenvalue weighted by Gasteiger charge is -2.17. The van der Waals surface area contributed by atoms with E-state index in [-0.39, 0.29) is 6.04 Å². The zero-order valence-corrected chi connectivity index (χ0v) is 11.3. The van der Waals surface area contributed by atoms with Gasteiger partial charge in [-0.3, -0.25) is 0 Å². The van der Waals surface area contributed by atoms with Gasteiger partial charge in [0, 0.05) is 11.7 Å². The molecule has 0 aliphatic heterocycles. The number of hydrogen-bond acceptors (Lipinski definition) is 3. The molecule has 2 aromatic rings. The summed E-state index contributed by atoms with van der Waals surface area (Å²) < 4.78 is 0. The van der Waals surface area contributed by atoms with Crippen molar-refractivity contribution < 1.29 is 0 Å². The predicted molar refractivity (Wildman–Crippen MR) is 79.1 cm³/mol. The third kappa shape index (κ3) is 3.18. The second-order valence-corrected chi connectivity index (χ2v) is 4.75. The molecule has 2 aromatic carbocycles. The third-order valence-corrected chi connectivity index (χ3v) is 3.19. The van der Waals surface area contributed by atoms with Gasteiger partial charge in [0.1, 0.15) is 0 Å². The van der Waals surface area contributed by atoms with Gasteiger partial charge in [-0.15, -0.1) is 0 Å². The first-order valence-electron chi connectivity index (χ1n) is 5.92. The minimum absolute atomic E-state index is 0.0777. The van der Waals surface area contributed by atoms with Crippen molar-refractivity contribution in [1.29, 1.82) is 5.26 Å². The number of hydrogen-bond donors (Lipinski definition) is 2. The summed E-state index contributed by atoms with van der Waals surface area (Å²) >= 11 is 6.13. The maximum absolute atomic E-state index is 8.80. The number of nitrogen functional groups attached to an aromatic ring is 1. The Morgan fingerprint density at radius 2 is 2.05 bits per heavy atom. The molecule has 1 atom stereocenters. The van der Waals surface area contributed by atoms with Crippen molar-refractivity contribution in [2.75, 3.05) is 11.1 Å². The Hall–Kier alpha value is -2.18. The molecule has 0 aromatic heterocycles. The SMILES string of the molecule is CC(Nc1ccc(C#N)cc1Cl)c1cccc(N)c1. The molecule has 96 valence electrons. The molecule has 0 radical (unpaired) electrons. The number of rotatable bonds is 3. The molecule has 0 aliphatic rings. The number of halogens is 1. The first-order valence-corrected chi connectivity index (χ1v) is 6.29. The first kappa shape index (κ1) is 13.3. The smallest absolute Gasteiger partial charge is 0.0992 e. The molecule has 1 unspecified atom stereocenters. The standard InChI is InChI=1S/C15H14ClN3/c1-10(12-3-2-4-13(18)8-12)19-15-6-5-11(9-17)7-14(15)16/h2-8,10,19H,18H2,1H3. The Kier molecular flexibility index (Phi) is 3.94. The average molecular weight is 272 g/mol. The van der Waals surface area contributed by atoms with Crippen LogP contribution < -0.4 is 11.1 Å². The van der Waals surface area contributed by atoms with Crippen LogP contribution in [-0.4, -0.2) is 0 Å². The van der Waals surface area contributed by atoms with Crippen molar-refractivity contribution in [1.82, 2.24) is 0 Å². The largest absolute Gasteiger partial charge is 0.399 e. The van der Waals surface area contributed by atoms with E-state index in [4.69, 9.17) is 22.6 Å². The molecule has 0 amide bonds. The number of nitriles is 1. The highest BCUT2D eigenvalue weighted by molar-refractivity contribution is 6.33. The number of nitrogens with two attached hydrogens (primary N) is 1. The minimum atomic E-state index is 0.0777. The third-order valence-electron chi connectivity index (χ3n) is 2.88. The van der Waals surface area contributed by atoms with Gasteiger partial charge < -0.3 is 11.1 Å². The first-order chi connectivity index (χ1) is 9.10. The van der Waals surface area contributed by atoms with Gasteiger partial charge >= 0.3 is 0 Å². The number of nitrogens with zero attached hydrogens (tertiary/aromatic N) is 1. The zero-order chi connectivity index (χ0) is 13.8. The van der Waals surface area contributed by atoms with Gasteiger partial charge in [-0.2, -0.15) is 5.26 Å². The quantitative estimate of drug-likeness (QED) is 0.831. The highest BCUT2D eigenvalue weighted by atomic mass is 35.5. The molecule has 0 saturated heterocycles. The molecule has 0 fully saturated rings. The second kappa shape index (κ2) is 5.64. The van der Waals surface area contributed by atoms with Crippen LogP contribution in [0.4, 0.5) is 11.4 Å². The van der Waals surface area contributed by atoms with Crippen molar-refractivity contribution in [3.05, 3.63) is 58.6 Å². The highest BCUT2D eigenvalue weighted by Gasteiger charge is 2.08. The summed E-state index contributed by atoms with van der Waals surface area (Å²) in [6, 6.07) is 15.0. The molecule has 0 spiro atoms. The van der Waals surface area contributed by atoms with Crippen LogP contribution >= 0.6 is 11.6 Å². The zero-order valence-electron chi connectivity index (χ0n) is 10.5. The molecule has 2 rings (SSSR count). The summed E-state index contributed by atoms with van der Waals surface area (Å²) in [4.78, 5) is 0. The summed E-state index contributed by atoms with van der Waals surface area (Å²) in [5.41, 5.74) is 8.93. The van der Waals surface area contributed by atoms with Crippen LogP contribution in [0.3, 0.4) is 0 Å². The van der Waals surface area contributed by atoms with Gasteiger partial charge in [0.25, 0.3) is 0 Å². The average Bonchev–Trinajstić information content (AvgIpc) is 2.41. The molecule has 3 nitrogen and oxygen atoms in total. The van der Waals surface area contributed by atoms with E-state index < -0.39 is 0 Å². The lowest BCUT2D eigenvalue weighted by Crippen LogP contribution is -2.07. The summed E-state index contributed by atoms with van der Waals surface area (Å²) in [6.45, 7) is 2.03. The maximum atomic E-state index is 8.80. The lowest BCUT2D eigenvalue weighted by atomic mass is 10.1. The minimum Gasteiger partial charge on any atom is -0.399 e. The number of anilines is 2. The molecular formula is C15H14ClN3. The molecule has 3 N–H and O–H groups in total. The summed E-state index contributed by atoms with van der Waals surface area (Å²) in [5.74, 6) is 0. The van der Waals surface area contributed by atoms with E-state index in [2.05, 4.69) is 11.4 Å². The van der Waals surface area contributed by atoms with Crippen LogP contribution in [0.15, 0.2) is 42.5 Å². The van der Waals surface area contributed by atoms with Gasteiger partial charge in [-0.25, -0.2) is 0 Å². The summed E-state index contributed by atoms with van der Waals surface area (Å²) in [7, 11) is 0. The second-order valence-electron chi connectivity index (χ2n) is 4.34. The van der Waals surface area contributed by atoms with E-state index in [0.717, 1.165) is 16.9 Å². The molecule has 4 heteroatoms. The van der Waals surface area contributed by atoms with E-state index in [1.54, 1.807) is 12.1 Å². The molecule has 0 heterocycles. The Balaban J connectivity index is 2.20. The summed E-state index contributed by atoms with van der Waals surface area (Å²) in [5, 5.41) is 12.6. The Morgan fingerprint density at radius 3 is 2.68 bits per heavy atom. The Labute approximate surface area is 117 Å².